The normalized spacial score (nSPS) is 19.9. The molecule has 1 aromatic rings. The maximum Gasteiger partial charge on any atom is 0.328 e. The molecule has 6 nitrogen and oxygen atoms in total. The first-order valence-corrected chi connectivity index (χ1v) is 11.0. The van der Waals surface area contributed by atoms with Crippen molar-refractivity contribution in [2.45, 2.75) is 76.7 Å². The summed E-state index contributed by atoms with van der Waals surface area (Å²) in [5.74, 6) is -0.677. The van der Waals surface area contributed by atoms with Gasteiger partial charge >= 0.3 is 5.97 Å². The summed E-state index contributed by atoms with van der Waals surface area (Å²) in [6, 6.07) is 3.26. The predicted octanol–water partition coefficient (Wildman–Crippen LogP) is 3.48. The lowest BCUT2D eigenvalue weighted by atomic mass is 9.85. The summed E-state index contributed by atoms with van der Waals surface area (Å²) in [6.07, 6.45) is 13.5. The van der Waals surface area contributed by atoms with Crippen LogP contribution >= 0.6 is 0 Å². The van der Waals surface area contributed by atoms with Gasteiger partial charge in [0.25, 0.3) is 5.91 Å². The molecule has 0 radical (unpaired) electrons. The van der Waals surface area contributed by atoms with Gasteiger partial charge in [0.05, 0.1) is 6.61 Å². The van der Waals surface area contributed by atoms with E-state index in [2.05, 4.69) is 4.98 Å². The largest absolute Gasteiger partial charge is 0.464 e. The second-order valence-corrected chi connectivity index (χ2v) is 8.25. The van der Waals surface area contributed by atoms with Gasteiger partial charge in [0.15, 0.2) is 0 Å². The van der Waals surface area contributed by atoms with Crippen LogP contribution in [-0.2, 0) is 25.5 Å². The molecule has 1 aliphatic heterocycles. The van der Waals surface area contributed by atoms with Gasteiger partial charge in [-0.1, -0.05) is 38.2 Å². The number of aromatic nitrogens is 1. The van der Waals surface area contributed by atoms with Gasteiger partial charge in [-0.2, -0.15) is 0 Å². The third-order valence-electron chi connectivity index (χ3n) is 6.11. The van der Waals surface area contributed by atoms with Crippen molar-refractivity contribution in [2.24, 2.45) is 5.92 Å². The number of carbonyl (C=O) groups is 3. The summed E-state index contributed by atoms with van der Waals surface area (Å²) in [4.78, 5) is 43.0. The molecule has 1 saturated carbocycles. The van der Waals surface area contributed by atoms with Gasteiger partial charge in [-0.3, -0.25) is 14.6 Å². The van der Waals surface area contributed by atoms with Crippen LogP contribution in [0.5, 0.6) is 0 Å². The van der Waals surface area contributed by atoms with E-state index in [1.54, 1.807) is 12.4 Å². The number of hydrogen-bond donors (Lipinski definition) is 0. The molecular weight excluding hydrogens is 368 g/mol. The Hall–Kier alpha value is -2.24. The van der Waals surface area contributed by atoms with Crippen molar-refractivity contribution in [2.75, 3.05) is 13.2 Å². The molecular formula is C23H32N2O4. The fourth-order valence-corrected chi connectivity index (χ4v) is 4.42. The van der Waals surface area contributed by atoms with Crippen LogP contribution in [-0.4, -0.2) is 46.7 Å². The molecule has 0 spiro atoms. The van der Waals surface area contributed by atoms with Crippen molar-refractivity contribution < 1.29 is 19.1 Å². The van der Waals surface area contributed by atoms with Crippen LogP contribution in [0.3, 0.4) is 0 Å². The molecule has 29 heavy (non-hydrogen) atoms. The predicted molar refractivity (Wildman–Crippen MR) is 109 cm³/mol. The fourth-order valence-electron chi connectivity index (χ4n) is 4.42. The topological polar surface area (TPSA) is 76.6 Å². The molecule has 2 aliphatic rings. The summed E-state index contributed by atoms with van der Waals surface area (Å²) >= 11 is 0. The summed E-state index contributed by atoms with van der Waals surface area (Å²) in [7, 11) is 0. The Morgan fingerprint density at radius 3 is 2.69 bits per heavy atom. The zero-order valence-electron chi connectivity index (χ0n) is 17.2. The number of carbonyl (C=O) groups excluding carboxylic acids is 3. The molecule has 1 atom stereocenters. The molecule has 1 aromatic heterocycles. The lowest BCUT2D eigenvalue weighted by Gasteiger charge is -2.24. The molecule has 2 heterocycles. The zero-order chi connectivity index (χ0) is 20.5. The first-order valence-electron chi connectivity index (χ1n) is 11.0. The summed E-state index contributed by atoms with van der Waals surface area (Å²) in [6.45, 7) is 0.769. The Balaban J connectivity index is 1.40. The Bertz CT molecular complexity index is 685. The Morgan fingerprint density at radius 2 is 1.93 bits per heavy atom. The number of Topliss-reactive ketones (excluding diaryl/α,β-unsaturated/α-hetero) is 1. The average molecular weight is 401 g/mol. The van der Waals surface area contributed by atoms with E-state index in [0.717, 1.165) is 24.8 Å². The molecule has 3 rings (SSSR count). The first-order chi connectivity index (χ1) is 14.1. The first kappa shape index (κ1) is 21.5. The van der Waals surface area contributed by atoms with Crippen LogP contribution in [0.2, 0.25) is 0 Å². The molecule has 1 aliphatic carbocycles. The summed E-state index contributed by atoms with van der Waals surface area (Å²) in [5.41, 5.74) is 1.10. The number of ether oxygens (including phenoxy) is 1. The van der Waals surface area contributed by atoms with E-state index in [1.807, 2.05) is 12.1 Å². The van der Waals surface area contributed by atoms with Gasteiger partial charge < -0.3 is 9.64 Å². The van der Waals surface area contributed by atoms with Gasteiger partial charge in [0.2, 0.25) is 5.78 Å². The number of hydrogen-bond acceptors (Lipinski definition) is 5. The van der Waals surface area contributed by atoms with Crippen LogP contribution in [0.4, 0.5) is 0 Å². The highest BCUT2D eigenvalue weighted by molar-refractivity contribution is 6.36. The molecule has 1 amide bonds. The minimum atomic E-state index is -0.612. The van der Waals surface area contributed by atoms with Crippen molar-refractivity contribution in [3.63, 3.8) is 0 Å². The van der Waals surface area contributed by atoms with Crippen LogP contribution in [0, 0.1) is 5.92 Å². The van der Waals surface area contributed by atoms with Gasteiger partial charge in [-0.15, -0.1) is 0 Å². The molecule has 1 saturated heterocycles. The second-order valence-electron chi connectivity index (χ2n) is 8.25. The maximum absolute atomic E-state index is 12.6. The van der Waals surface area contributed by atoms with Crippen molar-refractivity contribution in [1.29, 1.82) is 0 Å². The van der Waals surface area contributed by atoms with E-state index in [0.29, 0.717) is 38.3 Å². The SMILES string of the molecule is O=C(CCC1CCCCC1)C(=O)N1CCCC1C(=O)OCCCc1cccnc1. The minimum absolute atomic E-state index is 0.298. The summed E-state index contributed by atoms with van der Waals surface area (Å²) in [5, 5.41) is 0. The number of ketones is 1. The molecule has 0 N–H and O–H groups in total. The average Bonchev–Trinajstić information content (AvgIpc) is 3.26. The van der Waals surface area contributed by atoms with Crippen molar-refractivity contribution in [3.05, 3.63) is 30.1 Å². The van der Waals surface area contributed by atoms with Crippen LogP contribution < -0.4 is 0 Å². The highest BCUT2D eigenvalue weighted by atomic mass is 16.5. The molecule has 6 heteroatoms. The fraction of sp³-hybridized carbons (Fsp3) is 0.652. The van der Waals surface area contributed by atoms with Crippen LogP contribution in [0.25, 0.3) is 0 Å². The van der Waals surface area contributed by atoms with E-state index >= 15 is 0 Å². The van der Waals surface area contributed by atoms with E-state index in [-0.39, 0.29) is 11.8 Å². The lowest BCUT2D eigenvalue weighted by Crippen LogP contribution is -2.44. The number of esters is 1. The third kappa shape index (κ3) is 6.38. The number of aryl methyl sites for hydroxylation is 1. The van der Waals surface area contributed by atoms with Crippen LogP contribution in [0.1, 0.15) is 69.8 Å². The van der Waals surface area contributed by atoms with E-state index in [9.17, 15) is 14.4 Å². The summed E-state index contributed by atoms with van der Waals surface area (Å²) < 4.78 is 5.40. The quantitative estimate of drug-likeness (QED) is 0.360. The smallest absolute Gasteiger partial charge is 0.328 e. The molecule has 1 unspecified atom stereocenters. The van der Waals surface area contributed by atoms with Crippen LogP contribution in [0.15, 0.2) is 24.5 Å². The number of rotatable bonds is 9. The standard InChI is InChI=1S/C23H32N2O4/c26-21(13-12-18-7-2-1-3-8-18)22(27)25-15-5-11-20(25)23(28)29-16-6-10-19-9-4-14-24-17-19/h4,9,14,17-18,20H,1-3,5-8,10-13,15-16H2. The molecule has 0 aromatic carbocycles. The molecule has 0 bridgehead atoms. The number of amides is 1. The second kappa shape index (κ2) is 11.1. The number of nitrogens with zero attached hydrogens (tertiary/aromatic N) is 2. The lowest BCUT2D eigenvalue weighted by molar-refractivity contribution is -0.155. The van der Waals surface area contributed by atoms with Gasteiger partial charge in [-0.05, 0) is 49.7 Å². The van der Waals surface area contributed by atoms with Gasteiger partial charge in [-0.25, -0.2) is 4.79 Å². The number of likely N-dealkylation sites (tertiary alicyclic amines) is 1. The van der Waals surface area contributed by atoms with E-state index in [1.165, 1.54) is 37.0 Å². The monoisotopic (exact) mass is 400 g/mol. The van der Waals surface area contributed by atoms with Gasteiger partial charge in [0.1, 0.15) is 6.04 Å². The maximum atomic E-state index is 12.6. The Morgan fingerprint density at radius 1 is 1.10 bits per heavy atom. The zero-order valence-corrected chi connectivity index (χ0v) is 17.2. The van der Waals surface area contributed by atoms with Gasteiger partial charge in [0, 0.05) is 25.4 Å². The number of pyridine rings is 1. The molecule has 2 fully saturated rings. The van der Waals surface area contributed by atoms with E-state index < -0.39 is 11.9 Å². The van der Waals surface area contributed by atoms with E-state index in [4.69, 9.17) is 4.74 Å². The highest BCUT2D eigenvalue weighted by Gasteiger charge is 2.37. The molecule has 158 valence electrons. The Labute approximate surface area is 173 Å². The van der Waals surface area contributed by atoms with Crippen molar-refractivity contribution >= 4 is 17.7 Å². The Kier molecular flexibility index (Phi) is 8.20. The van der Waals surface area contributed by atoms with Crippen molar-refractivity contribution in [3.8, 4) is 0 Å². The minimum Gasteiger partial charge on any atom is -0.464 e. The van der Waals surface area contributed by atoms with Crippen molar-refractivity contribution in [1.82, 2.24) is 9.88 Å². The highest BCUT2D eigenvalue weighted by Crippen LogP contribution is 2.28. The third-order valence-corrected chi connectivity index (χ3v) is 6.11.